The maximum atomic E-state index is 14.3. The first-order valence-corrected chi connectivity index (χ1v) is 15.9. The summed E-state index contributed by atoms with van der Waals surface area (Å²) in [5.74, 6) is -0.673. The maximum absolute atomic E-state index is 14.3. The molecule has 11 nitrogen and oxygen atoms in total. The minimum Gasteiger partial charge on any atom is -0.408 e. The van der Waals surface area contributed by atoms with E-state index < -0.39 is 17.1 Å². The Kier molecular flexibility index (Phi) is 7.14. The second-order valence-electron chi connectivity index (χ2n) is 12.5. The van der Waals surface area contributed by atoms with Crippen molar-refractivity contribution in [1.82, 2.24) is 19.6 Å². The number of aryl methyl sites for hydroxylation is 1. The molecule has 6 heterocycles. The van der Waals surface area contributed by atoms with Crippen LogP contribution in [0.2, 0.25) is 0 Å². The molecule has 2 fully saturated rings. The Morgan fingerprint density at radius 3 is 2.64 bits per heavy atom. The highest BCUT2D eigenvalue weighted by atomic mass is 19.1. The second kappa shape index (κ2) is 11.5. The van der Waals surface area contributed by atoms with Gasteiger partial charge in [0.05, 0.1) is 52.2 Å². The Balaban J connectivity index is 1.29. The summed E-state index contributed by atoms with van der Waals surface area (Å²) in [6.45, 7) is 2.12. The van der Waals surface area contributed by atoms with Crippen LogP contribution in [-0.2, 0) is 17.7 Å². The lowest BCUT2D eigenvalue weighted by molar-refractivity contribution is 0.0639. The number of pyridine rings is 1. The summed E-state index contributed by atoms with van der Waals surface area (Å²) < 4.78 is 32.7. The number of aromatic nitrogens is 3. The fraction of sp³-hybridized carbons (Fsp3) is 0.343. The molecule has 0 radical (unpaired) electrons. The van der Waals surface area contributed by atoms with Gasteiger partial charge in [-0.25, -0.2) is 9.18 Å². The molecule has 1 amide bonds. The molecule has 0 aliphatic carbocycles. The summed E-state index contributed by atoms with van der Waals surface area (Å²) in [4.78, 5) is 46.5. The van der Waals surface area contributed by atoms with Crippen LogP contribution < -0.4 is 11.3 Å². The van der Waals surface area contributed by atoms with Gasteiger partial charge in [-0.05, 0) is 79.8 Å². The fourth-order valence-corrected chi connectivity index (χ4v) is 7.37. The molecule has 0 bridgehead atoms. The molecule has 2 saturated heterocycles. The molecule has 3 aromatic heterocycles. The minimum atomic E-state index is -0.665. The molecule has 1 atom stereocenters. The van der Waals surface area contributed by atoms with Crippen LogP contribution in [0.4, 0.5) is 4.39 Å². The van der Waals surface area contributed by atoms with E-state index in [0.717, 1.165) is 56.7 Å². The number of nitrogens with one attached hydrogen (secondary N) is 1. The third-order valence-electron chi connectivity index (χ3n) is 9.70. The van der Waals surface area contributed by atoms with Crippen molar-refractivity contribution in [3.8, 4) is 28.5 Å². The van der Waals surface area contributed by atoms with Gasteiger partial charge in [-0.15, -0.1) is 0 Å². The van der Waals surface area contributed by atoms with Crippen LogP contribution in [-0.4, -0.2) is 45.3 Å². The highest BCUT2D eigenvalue weighted by Crippen LogP contribution is 2.48. The van der Waals surface area contributed by atoms with Crippen molar-refractivity contribution in [2.45, 2.75) is 51.1 Å². The smallest absolute Gasteiger partial charge is 0.408 e. The predicted molar refractivity (Wildman–Crippen MR) is 167 cm³/mol. The largest absolute Gasteiger partial charge is 0.420 e. The Morgan fingerprint density at radius 1 is 1.02 bits per heavy atom. The molecule has 8 rings (SSSR count). The van der Waals surface area contributed by atoms with E-state index in [0.29, 0.717) is 52.2 Å². The van der Waals surface area contributed by atoms with Crippen molar-refractivity contribution in [3.05, 3.63) is 97.3 Å². The number of aromatic amines is 1. The number of hydrogen-bond donors (Lipinski definition) is 1. The van der Waals surface area contributed by atoms with Crippen LogP contribution >= 0.6 is 0 Å². The number of hydrogen-bond acceptors (Lipinski definition) is 8. The number of oxazole rings is 1. The lowest BCUT2D eigenvalue weighted by atomic mass is 9.87. The highest BCUT2D eigenvalue weighted by Gasteiger charge is 2.44. The molecule has 238 valence electrons. The zero-order chi connectivity index (χ0) is 32.2. The van der Waals surface area contributed by atoms with Gasteiger partial charge >= 0.3 is 5.76 Å². The first-order valence-electron chi connectivity index (χ1n) is 15.9. The standard InChI is InChI=1S/C35H30FN5O6/c36-23-14-20(3-5-22(23)17-37)18-41-25-8-6-21(15-27(25)46-35(41)44)30-31(28-16-29(42)39-47-28)24(7-4-19-9-12-45-13-10-19)38-33-26-2-1-11-40(26)34(43)32(30)33/h3,5-6,8,14-16,19,26H,1-2,4,7,9-13,18H2,(H,39,42)/t26-/m1/s1. The summed E-state index contributed by atoms with van der Waals surface area (Å²) in [6.07, 6.45) is 5.12. The van der Waals surface area contributed by atoms with Gasteiger partial charge in [0, 0.05) is 25.3 Å². The summed E-state index contributed by atoms with van der Waals surface area (Å²) in [7, 11) is 0. The van der Waals surface area contributed by atoms with Crippen molar-refractivity contribution in [2.75, 3.05) is 19.8 Å². The van der Waals surface area contributed by atoms with E-state index >= 15 is 0 Å². The van der Waals surface area contributed by atoms with Gasteiger partial charge in [-0.3, -0.25) is 19.1 Å². The number of carbonyl (C=O) groups is 1. The monoisotopic (exact) mass is 635 g/mol. The molecule has 12 heteroatoms. The molecule has 3 aliphatic rings. The summed E-state index contributed by atoms with van der Waals surface area (Å²) in [5, 5.41) is 11.5. The van der Waals surface area contributed by atoms with Crippen molar-refractivity contribution in [3.63, 3.8) is 0 Å². The second-order valence-corrected chi connectivity index (χ2v) is 12.5. The van der Waals surface area contributed by atoms with E-state index in [1.165, 1.54) is 22.8 Å². The van der Waals surface area contributed by atoms with E-state index in [4.69, 9.17) is 23.9 Å². The summed E-state index contributed by atoms with van der Waals surface area (Å²) >= 11 is 0. The van der Waals surface area contributed by atoms with E-state index in [1.54, 1.807) is 24.3 Å². The van der Waals surface area contributed by atoms with Gasteiger partial charge in [0.1, 0.15) is 11.9 Å². The normalized spacial score (nSPS) is 17.7. The number of nitrogens with zero attached hydrogens (tertiary/aromatic N) is 4. The van der Waals surface area contributed by atoms with Gasteiger partial charge in [0.15, 0.2) is 11.3 Å². The number of amides is 1. The van der Waals surface area contributed by atoms with E-state index in [-0.39, 0.29) is 35.4 Å². The minimum absolute atomic E-state index is 0.0314. The molecule has 0 unspecified atom stereocenters. The number of fused-ring (bicyclic) bond motifs is 4. The average Bonchev–Trinajstić information content (AvgIpc) is 3.86. The van der Waals surface area contributed by atoms with E-state index in [2.05, 4.69) is 5.16 Å². The van der Waals surface area contributed by atoms with Crippen LogP contribution in [0.1, 0.15) is 71.0 Å². The van der Waals surface area contributed by atoms with Crippen molar-refractivity contribution in [1.29, 1.82) is 5.26 Å². The van der Waals surface area contributed by atoms with Crippen molar-refractivity contribution >= 4 is 17.0 Å². The molecule has 1 N–H and O–H groups in total. The van der Waals surface area contributed by atoms with Gasteiger partial charge in [-0.1, -0.05) is 12.1 Å². The lowest BCUT2D eigenvalue weighted by Gasteiger charge is -2.23. The molecular weight excluding hydrogens is 605 g/mol. The highest BCUT2D eigenvalue weighted by molar-refractivity contribution is 6.08. The van der Waals surface area contributed by atoms with Crippen LogP contribution in [0.3, 0.4) is 0 Å². The number of ether oxygens (including phenoxy) is 1. The molecule has 2 aromatic carbocycles. The first-order chi connectivity index (χ1) is 22.9. The van der Waals surface area contributed by atoms with Gasteiger partial charge < -0.3 is 18.6 Å². The summed E-state index contributed by atoms with van der Waals surface area (Å²) in [6, 6.07) is 12.5. The Labute approximate surface area is 267 Å². The zero-order valence-electron chi connectivity index (χ0n) is 25.4. The molecule has 47 heavy (non-hydrogen) atoms. The number of halogens is 1. The number of rotatable bonds is 7. The van der Waals surface area contributed by atoms with Crippen LogP contribution in [0.5, 0.6) is 0 Å². The van der Waals surface area contributed by atoms with Gasteiger partial charge in [-0.2, -0.15) is 10.4 Å². The lowest BCUT2D eigenvalue weighted by Crippen LogP contribution is -2.23. The molecule has 0 saturated carbocycles. The zero-order valence-corrected chi connectivity index (χ0v) is 25.4. The van der Waals surface area contributed by atoms with E-state index in [1.807, 2.05) is 11.0 Å². The van der Waals surface area contributed by atoms with Crippen LogP contribution in [0, 0.1) is 23.1 Å². The third-order valence-corrected chi connectivity index (χ3v) is 9.70. The number of H-pyrrole nitrogens is 1. The van der Waals surface area contributed by atoms with Gasteiger partial charge in [0.25, 0.3) is 11.5 Å². The predicted octanol–water partition coefficient (Wildman–Crippen LogP) is 5.31. The fourth-order valence-electron chi connectivity index (χ4n) is 7.37. The molecular formula is C35H30FN5O6. The number of benzene rings is 2. The van der Waals surface area contributed by atoms with Gasteiger partial charge in [0.2, 0.25) is 0 Å². The number of nitriles is 1. The molecule has 0 spiro atoms. The average molecular weight is 636 g/mol. The molecule has 5 aromatic rings. The summed E-state index contributed by atoms with van der Waals surface area (Å²) in [5.41, 5.74) is 4.48. The Morgan fingerprint density at radius 2 is 1.87 bits per heavy atom. The van der Waals surface area contributed by atoms with Crippen molar-refractivity contribution < 1.29 is 22.9 Å². The van der Waals surface area contributed by atoms with Crippen molar-refractivity contribution in [2.24, 2.45) is 5.92 Å². The SMILES string of the molecule is N#Cc1ccc(Cn2c(=O)oc3cc(-c4c5c(nc(CCC6CCOCC6)c4-c4cc(=O)[nH]o4)[C@H]4CCCN4C5=O)ccc32)cc1F. The Bertz CT molecular complexity index is 2220. The molecule has 3 aliphatic heterocycles. The Hall–Kier alpha value is -5.28. The first kappa shape index (κ1) is 29.1. The van der Waals surface area contributed by atoms with Crippen LogP contribution in [0.25, 0.3) is 33.6 Å². The van der Waals surface area contributed by atoms with E-state index in [9.17, 15) is 18.8 Å². The third kappa shape index (κ3) is 4.98. The maximum Gasteiger partial charge on any atom is 0.420 e. The topological polar surface area (TPSA) is 147 Å². The number of carbonyl (C=O) groups excluding carboxylic acids is 1. The quantitative estimate of drug-likeness (QED) is 0.253. The van der Waals surface area contributed by atoms with Crippen LogP contribution in [0.15, 0.2) is 61.0 Å².